The predicted molar refractivity (Wildman–Crippen MR) is 66.8 cm³/mol. The minimum atomic E-state index is -0.0600. The molecule has 5 heteroatoms. The highest BCUT2D eigenvalue weighted by Crippen LogP contribution is 2.11. The van der Waals surface area contributed by atoms with E-state index < -0.39 is 0 Å². The zero-order valence-corrected chi connectivity index (χ0v) is 10.4. The molecule has 1 aromatic rings. The van der Waals surface area contributed by atoms with Crippen molar-refractivity contribution in [2.45, 2.75) is 19.3 Å². The Balaban J connectivity index is 1.68. The SMILES string of the molecule is O=C1CCC(C(=O)NCCc2ccsc2)CN1. The molecular weight excluding hydrogens is 236 g/mol. The third-order valence-corrected chi connectivity index (χ3v) is 3.66. The Morgan fingerprint density at radius 3 is 3.12 bits per heavy atom. The van der Waals surface area contributed by atoms with Gasteiger partial charge in [0.2, 0.25) is 11.8 Å². The minimum Gasteiger partial charge on any atom is -0.355 e. The lowest BCUT2D eigenvalue weighted by Crippen LogP contribution is -2.43. The molecule has 0 aliphatic carbocycles. The van der Waals surface area contributed by atoms with E-state index in [0.29, 0.717) is 25.9 Å². The van der Waals surface area contributed by atoms with Crippen LogP contribution in [0.3, 0.4) is 0 Å². The zero-order valence-electron chi connectivity index (χ0n) is 9.57. The highest BCUT2D eigenvalue weighted by molar-refractivity contribution is 7.07. The Labute approximate surface area is 104 Å². The third kappa shape index (κ3) is 3.56. The standard InChI is InChI=1S/C12H16N2O2S/c15-11-2-1-10(7-14-11)12(16)13-5-3-9-4-6-17-8-9/h4,6,8,10H,1-3,5,7H2,(H,13,16)(H,14,15). The number of rotatable bonds is 4. The number of piperidine rings is 1. The molecular formula is C12H16N2O2S. The van der Waals surface area contributed by atoms with Crippen LogP contribution in [0.1, 0.15) is 18.4 Å². The molecule has 1 fully saturated rings. The van der Waals surface area contributed by atoms with Gasteiger partial charge in [-0.1, -0.05) is 0 Å². The monoisotopic (exact) mass is 252 g/mol. The fourth-order valence-electron chi connectivity index (χ4n) is 1.87. The van der Waals surface area contributed by atoms with Crippen LogP contribution in [0.4, 0.5) is 0 Å². The minimum absolute atomic E-state index is 0.0484. The highest BCUT2D eigenvalue weighted by atomic mass is 32.1. The highest BCUT2D eigenvalue weighted by Gasteiger charge is 2.23. The van der Waals surface area contributed by atoms with Crippen molar-refractivity contribution in [3.05, 3.63) is 22.4 Å². The molecule has 1 aromatic heterocycles. The van der Waals surface area contributed by atoms with Gasteiger partial charge in [-0.25, -0.2) is 0 Å². The summed E-state index contributed by atoms with van der Waals surface area (Å²) in [5.41, 5.74) is 1.26. The molecule has 0 saturated carbocycles. The number of amides is 2. The maximum Gasteiger partial charge on any atom is 0.224 e. The van der Waals surface area contributed by atoms with E-state index >= 15 is 0 Å². The van der Waals surface area contributed by atoms with Gasteiger partial charge in [0.1, 0.15) is 0 Å². The van der Waals surface area contributed by atoms with Crippen molar-refractivity contribution < 1.29 is 9.59 Å². The fraction of sp³-hybridized carbons (Fsp3) is 0.500. The molecule has 1 atom stereocenters. The molecule has 2 amide bonds. The van der Waals surface area contributed by atoms with E-state index in [-0.39, 0.29) is 17.7 Å². The number of hydrogen-bond donors (Lipinski definition) is 2. The van der Waals surface area contributed by atoms with Gasteiger partial charge in [-0.2, -0.15) is 11.3 Å². The third-order valence-electron chi connectivity index (χ3n) is 2.93. The van der Waals surface area contributed by atoms with Crippen molar-refractivity contribution in [1.29, 1.82) is 0 Å². The van der Waals surface area contributed by atoms with E-state index in [1.807, 2.05) is 5.38 Å². The Morgan fingerprint density at radius 1 is 1.59 bits per heavy atom. The van der Waals surface area contributed by atoms with Gasteiger partial charge in [-0.3, -0.25) is 9.59 Å². The van der Waals surface area contributed by atoms with Crippen molar-refractivity contribution in [3.8, 4) is 0 Å². The Kier molecular flexibility index (Phi) is 4.14. The second kappa shape index (κ2) is 5.82. The Morgan fingerprint density at radius 2 is 2.47 bits per heavy atom. The quantitative estimate of drug-likeness (QED) is 0.837. The summed E-state index contributed by atoms with van der Waals surface area (Å²) in [5, 5.41) is 9.76. The molecule has 2 rings (SSSR count). The van der Waals surface area contributed by atoms with Crippen LogP contribution >= 0.6 is 11.3 Å². The maximum atomic E-state index is 11.8. The van der Waals surface area contributed by atoms with Crippen LogP contribution in [0, 0.1) is 5.92 Å². The van der Waals surface area contributed by atoms with E-state index in [2.05, 4.69) is 22.1 Å². The van der Waals surface area contributed by atoms with Gasteiger partial charge in [0.25, 0.3) is 0 Å². The van der Waals surface area contributed by atoms with Crippen molar-refractivity contribution in [2.75, 3.05) is 13.1 Å². The van der Waals surface area contributed by atoms with Crippen molar-refractivity contribution in [2.24, 2.45) is 5.92 Å². The van der Waals surface area contributed by atoms with Gasteiger partial charge in [0, 0.05) is 19.5 Å². The molecule has 2 heterocycles. The summed E-state index contributed by atoms with van der Waals surface area (Å²) in [7, 11) is 0. The van der Waals surface area contributed by atoms with Crippen LogP contribution < -0.4 is 10.6 Å². The summed E-state index contributed by atoms with van der Waals surface area (Å²) in [6.07, 6.45) is 1.99. The summed E-state index contributed by atoms with van der Waals surface area (Å²) in [6, 6.07) is 2.07. The molecule has 0 aromatic carbocycles. The van der Waals surface area contributed by atoms with Crippen LogP contribution in [-0.2, 0) is 16.0 Å². The molecule has 1 saturated heterocycles. The summed E-state index contributed by atoms with van der Waals surface area (Å²) in [4.78, 5) is 22.7. The summed E-state index contributed by atoms with van der Waals surface area (Å²) in [5.74, 6) is 0.0442. The first-order valence-corrected chi connectivity index (χ1v) is 6.75. The van der Waals surface area contributed by atoms with Crippen LogP contribution in [0.5, 0.6) is 0 Å². The average molecular weight is 252 g/mol. The van der Waals surface area contributed by atoms with Gasteiger partial charge < -0.3 is 10.6 Å². The van der Waals surface area contributed by atoms with Gasteiger partial charge in [-0.15, -0.1) is 0 Å². The summed E-state index contributed by atoms with van der Waals surface area (Å²) < 4.78 is 0. The Hall–Kier alpha value is -1.36. The summed E-state index contributed by atoms with van der Waals surface area (Å²) >= 11 is 1.67. The molecule has 1 unspecified atom stereocenters. The predicted octanol–water partition coefficient (Wildman–Crippen LogP) is 0.933. The van der Waals surface area contributed by atoms with Gasteiger partial charge in [0.05, 0.1) is 5.92 Å². The zero-order chi connectivity index (χ0) is 12.1. The molecule has 0 bridgehead atoms. The van der Waals surface area contributed by atoms with Crippen molar-refractivity contribution in [3.63, 3.8) is 0 Å². The number of hydrogen-bond acceptors (Lipinski definition) is 3. The van der Waals surface area contributed by atoms with Gasteiger partial charge in [-0.05, 0) is 35.2 Å². The lowest BCUT2D eigenvalue weighted by Gasteiger charge is -2.21. The first-order valence-electron chi connectivity index (χ1n) is 5.81. The van der Waals surface area contributed by atoms with E-state index in [1.165, 1.54) is 5.56 Å². The molecule has 1 aliphatic rings. The van der Waals surface area contributed by atoms with Crippen LogP contribution in [-0.4, -0.2) is 24.9 Å². The second-order valence-electron chi connectivity index (χ2n) is 4.21. The molecule has 0 radical (unpaired) electrons. The first kappa shape index (κ1) is 12.1. The molecule has 17 heavy (non-hydrogen) atoms. The van der Waals surface area contributed by atoms with E-state index in [4.69, 9.17) is 0 Å². The number of carbonyl (C=O) groups excluding carboxylic acids is 2. The largest absolute Gasteiger partial charge is 0.355 e. The summed E-state index contributed by atoms with van der Waals surface area (Å²) in [6.45, 7) is 1.14. The molecule has 4 nitrogen and oxygen atoms in total. The lowest BCUT2D eigenvalue weighted by molar-refractivity contribution is -0.128. The second-order valence-corrected chi connectivity index (χ2v) is 4.99. The lowest BCUT2D eigenvalue weighted by atomic mass is 9.98. The van der Waals surface area contributed by atoms with E-state index in [0.717, 1.165) is 6.42 Å². The first-order chi connectivity index (χ1) is 8.25. The topological polar surface area (TPSA) is 58.2 Å². The van der Waals surface area contributed by atoms with Crippen LogP contribution in [0.2, 0.25) is 0 Å². The van der Waals surface area contributed by atoms with Gasteiger partial charge >= 0.3 is 0 Å². The average Bonchev–Trinajstić information content (AvgIpc) is 2.83. The normalized spacial score (nSPS) is 19.8. The molecule has 92 valence electrons. The number of carbonyl (C=O) groups is 2. The Bertz CT molecular complexity index is 379. The van der Waals surface area contributed by atoms with E-state index in [1.54, 1.807) is 11.3 Å². The van der Waals surface area contributed by atoms with Crippen LogP contribution in [0.25, 0.3) is 0 Å². The molecule has 1 aliphatic heterocycles. The van der Waals surface area contributed by atoms with Crippen molar-refractivity contribution >= 4 is 23.2 Å². The van der Waals surface area contributed by atoms with Gasteiger partial charge in [0.15, 0.2) is 0 Å². The van der Waals surface area contributed by atoms with E-state index in [9.17, 15) is 9.59 Å². The number of thiophene rings is 1. The maximum absolute atomic E-state index is 11.8. The van der Waals surface area contributed by atoms with Crippen LogP contribution in [0.15, 0.2) is 16.8 Å². The smallest absolute Gasteiger partial charge is 0.224 e. The number of nitrogens with one attached hydrogen (secondary N) is 2. The fourth-order valence-corrected chi connectivity index (χ4v) is 2.57. The molecule has 2 N–H and O–H groups in total. The van der Waals surface area contributed by atoms with Crippen molar-refractivity contribution in [1.82, 2.24) is 10.6 Å². The molecule has 0 spiro atoms.